The molecular formula is C20H30OSi. The summed E-state index contributed by atoms with van der Waals surface area (Å²) in [6.07, 6.45) is 1.48. The minimum absolute atomic E-state index is 0.0295. The third-order valence-electron chi connectivity index (χ3n) is 4.86. The van der Waals surface area contributed by atoms with E-state index in [0.29, 0.717) is 23.0 Å². The normalized spacial score (nSPS) is 13.1. The Hall–Kier alpha value is -1.33. The van der Waals surface area contributed by atoms with Crippen LogP contribution in [0.2, 0.25) is 16.6 Å². The summed E-state index contributed by atoms with van der Waals surface area (Å²) in [6.45, 7) is 13.9. The van der Waals surface area contributed by atoms with Gasteiger partial charge < -0.3 is 4.79 Å². The highest BCUT2D eigenvalue weighted by atomic mass is 28.3. The van der Waals surface area contributed by atoms with Crippen molar-refractivity contribution >= 4 is 14.4 Å². The second-order valence-corrected chi connectivity index (χ2v) is 12.6. The van der Waals surface area contributed by atoms with Gasteiger partial charge in [-0.05, 0) is 22.2 Å². The summed E-state index contributed by atoms with van der Waals surface area (Å²) in [7, 11) is -1.73. The van der Waals surface area contributed by atoms with Gasteiger partial charge in [0.1, 0.15) is 14.4 Å². The molecular weight excluding hydrogens is 284 g/mol. The molecule has 0 aliphatic rings. The molecule has 0 aliphatic heterocycles. The third-order valence-corrected chi connectivity index (χ3v) is 11.2. The van der Waals surface area contributed by atoms with Gasteiger partial charge in [0, 0.05) is 6.42 Å². The van der Waals surface area contributed by atoms with Crippen LogP contribution in [-0.2, 0) is 4.79 Å². The molecule has 1 nitrogen and oxygen atoms in total. The molecule has 0 amide bonds. The quantitative estimate of drug-likeness (QED) is 0.380. The molecule has 0 saturated heterocycles. The van der Waals surface area contributed by atoms with Crippen LogP contribution in [0.5, 0.6) is 0 Å². The Morgan fingerprint density at radius 1 is 0.955 bits per heavy atom. The maximum atomic E-state index is 11.1. The Balaban J connectivity index is 3.26. The van der Waals surface area contributed by atoms with Crippen LogP contribution in [0.3, 0.4) is 0 Å². The lowest BCUT2D eigenvalue weighted by molar-refractivity contribution is -0.107. The van der Waals surface area contributed by atoms with Crippen molar-refractivity contribution in [3.05, 3.63) is 35.9 Å². The van der Waals surface area contributed by atoms with Crippen LogP contribution in [-0.4, -0.2) is 14.4 Å². The van der Waals surface area contributed by atoms with Crippen molar-refractivity contribution in [3.8, 4) is 11.5 Å². The fourth-order valence-corrected chi connectivity index (χ4v) is 9.00. The molecule has 0 aliphatic carbocycles. The van der Waals surface area contributed by atoms with E-state index in [2.05, 4.69) is 65.1 Å². The lowest BCUT2D eigenvalue weighted by Gasteiger charge is -2.38. The monoisotopic (exact) mass is 314 g/mol. The van der Waals surface area contributed by atoms with Crippen LogP contribution in [0.25, 0.3) is 0 Å². The van der Waals surface area contributed by atoms with Crippen molar-refractivity contribution in [3.63, 3.8) is 0 Å². The average Bonchev–Trinajstić information content (AvgIpc) is 2.46. The predicted octanol–water partition coefficient (Wildman–Crippen LogP) is 5.58. The summed E-state index contributed by atoms with van der Waals surface area (Å²) in [5, 5.41) is 0. The van der Waals surface area contributed by atoms with Crippen LogP contribution in [0.4, 0.5) is 0 Å². The molecule has 0 N–H and O–H groups in total. The van der Waals surface area contributed by atoms with Gasteiger partial charge in [-0.2, -0.15) is 0 Å². The molecule has 0 aromatic heterocycles. The maximum Gasteiger partial charge on any atom is 0.145 e. The van der Waals surface area contributed by atoms with Gasteiger partial charge in [0.05, 0.1) is 5.92 Å². The number of carbonyl (C=O) groups excluding carboxylic acids is 1. The van der Waals surface area contributed by atoms with Crippen LogP contribution >= 0.6 is 0 Å². The summed E-state index contributed by atoms with van der Waals surface area (Å²) in [5.74, 6) is 3.53. The number of hydrogen-bond acceptors (Lipinski definition) is 1. The highest BCUT2D eigenvalue weighted by Crippen LogP contribution is 2.41. The summed E-state index contributed by atoms with van der Waals surface area (Å²) in [4.78, 5) is 11.1. The molecule has 0 heterocycles. The second-order valence-electron chi connectivity index (χ2n) is 7.03. The van der Waals surface area contributed by atoms with Crippen molar-refractivity contribution < 1.29 is 4.79 Å². The molecule has 0 spiro atoms. The van der Waals surface area contributed by atoms with Crippen molar-refractivity contribution in [2.45, 2.75) is 70.5 Å². The zero-order chi connectivity index (χ0) is 16.8. The molecule has 22 heavy (non-hydrogen) atoms. The van der Waals surface area contributed by atoms with Gasteiger partial charge in [0.2, 0.25) is 0 Å². The van der Waals surface area contributed by atoms with Gasteiger partial charge >= 0.3 is 0 Å². The molecule has 0 saturated carbocycles. The number of rotatable bonds is 6. The van der Waals surface area contributed by atoms with Gasteiger partial charge in [-0.1, -0.05) is 71.9 Å². The van der Waals surface area contributed by atoms with Crippen molar-refractivity contribution in [2.24, 2.45) is 0 Å². The van der Waals surface area contributed by atoms with E-state index in [1.165, 1.54) is 0 Å². The Labute approximate surface area is 137 Å². The van der Waals surface area contributed by atoms with Gasteiger partial charge in [0.25, 0.3) is 0 Å². The number of hydrogen-bond donors (Lipinski definition) is 0. The van der Waals surface area contributed by atoms with E-state index in [1.54, 1.807) is 0 Å². The summed E-state index contributed by atoms with van der Waals surface area (Å²) < 4.78 is 0. The first-order valence-corrected chi connectivity index (χ1v) is 10.6. The fourth-order valence-electron chi connectivity index (χ4n) is 3.71. The third kappa shape index (κ3) is 4.11. The van der Waals surface area contributed by atoms with Crippen LogP contribution < -0.4 is 0 Å². The van der Waals surface area contributed by atoms with E-state index >= 15 is 0 Å². The largest absolute Gasteiger partial charge is 0.303 e. The standard InChI is InChI=1S/C20H30OSi/c1-16(2)22(17(3)4,18(5)6)15-13-20(12-14-21)19-10-8-7-9-11-19/h7-11,14,16-18,20H,12H2,1-6H3/t20-/m0/s1. The minimum Gasteiger partial charge on any atom is -0.303 e. The molecule has 1 aromatic carbocycles. The summed E-state index contributed by atoms with van der Waals surface area (Å²) in [5.41, 5.74) is 6.75. The van der Waals surface area contributed by atoms with E-state index in [1.807, 2.05) is 18.2 Å². The van der Waals surface area contributed by atoms with Gasteiger partial charge in [-0.3, -0.25) is 0 Å². The second kappa shape index (κ2) is 8.34. The lowest BCUT2D eigenvalue weighted by Crippen LogP contribution is -2.43. The number of carbonyl (C=O) groups is 1. The Kier molecular flexibility index (Phi) is 7.09. The molecule has 0 fully saturated rings. The van der Waals surface area contributed by atoms with Crippen molar-refractivity contribution in [1.82, 2.24) is 0 Å². The van der Waals surface area contributed by atoms with Crippen molar-refractivity contribution in [2.75, 3.05) is 0 Å². The zero-order valence-corrected chi connectivity index (χ0v) is 15.9. The molecule has 0 bridgehead atoms. The van der Waals surface area contributed by atoms with E-state index in [9.17, 15) is 4.79 Å². The van der Waals surface area contributed by atoms with Crippen LogP contribution in [0.1, 0.15) is 59.4 Å². The van der Waals surface area contributed by atoms with Crippen LogP contribution in [0, 0.1) is 11.5 Å². The Morgan fingerprint density at radius 3 is 1.86 bits per heavy atom. The number of aldehydes is 1. The predicted molar refractivity (Wildman–Crippen MR) is 98.7 cm³/mol. The molecule has 0 radical (unpaired) electrons. The summed E-state index contributed by atoms with van der Waals surface area (Å²) >= 11 is 0. The number of benzene rings is 1. The minimum atomic E-state index is -1.73. The summed E-state index contributed by atoms with van der Waals surface area (Å²) in [6, 6.07) is 10.2. The van der Waals surface area contributed by atoms with E-state index in [4.69, 9.17) is 0 Å². The molecule has 120 valence electrons. The highest BCUT2D eigenvalue weighted by molar-refractivity contribution is 6.90. The fraction of sp³-hybridized carbons (Fsp3) is 0.550. The zero-order valence-electron chi connectivity index (χ0n) is 14.9. The highest BCUT2D eigenvalue weighted by Gasteiger charge is 2.41. The first-order chi connectivity index (χ1) is 10.4. The van der Waals surface area contributed by atoms with E-state index < -0.39 is 8.07 Å². The average molecular weight is 315 g/mol. The van der Waals surface area contributed by atoms with Crippen molar-refractivity contribution in [1.29, 1.82) is 0 Å². The Bertz CT molecular complexity index is 498. The molecule has 2 heteroatoms. The SMILES string of the molecule is CC(C)[Si](C#C[C@H](CC=O)c1ccccc1)(C(C)C)C(C)C. The first kappa shape index (κ1) is 18.7. The van der Waals surface area contributed by atoms with E-state index in [-0.39, 0.29) is 5.92 Å². The van der Waals surface area contributed by atoms with E-state index in [0.717, 1.165) is 11.8 Å². The molecule has 1 aromatic rings. The first-order valence-electron chi connectivity index (χ1n) is 8.37. The van der Waals surface area contributed by atoms with Gasteiger partial charge in [0.15, 0.2) is 0 Å². The molecule has 1 atom stereocenters. The topological polar surface area (TPSA) is 17.1 Å². The van der Waals surface area contributed by atoms with Gasteiger partial charge in [-0.25, -0.2) is 0 Å². The maximum absolute atomic E-state index is 11.1. The van der Waals surface area contributed by atoms with Gasteiger partial charge in [-0.15, -0.1) is 11.5 Å². The Morgan fingerprint density at radius 2 is 1.45 bits per heavy atom. The molecule has 1 rings (SSSR count). The lowest BCUT2D eigenvalue weighted by atomic mass is 9.97. The molecule has 0 unspecified atom stereocenters. The van der Waals surface area contributed by atoms with Crippen LogP contribution in [0.15, 0.2) is 30.3 Å². The smallest absolute Gasteiger partial charge is 0.145 e.